The van der Waals surface area contributed by atoms with Gasteiger partial charge in [0.25, 0.3) is 0 Å². The van der Waals surface area contributed by atoms with Crippen LogP contribution in [0.5, 0.6) is 0 Å². The van der Waals surface area contributed by atoms with Gasteiger partial charge in [0.15, 0.2) is 0 Å². The third-order valence-electron chi connectivity index (χ3n) is 5.13. The molecule has 0 N–H and O–H groups in total. The molecule has 1 unspecified atom stereocenters. The van der Waals surface area contributed by atoms with E-state index in [1.807, 2.05) is 24.0 Å². The van der Waals surface area contributed by atoms with Gasteiger partial charge in [-0.15, -0.1) is 0 Å². The zero-order chi connectivity index (χ0) is 18.5. The van der Waals surface area contributed by atoms with E-state index in [-0.39, 0.29) is 0 Å². The van der Waals surface area contributed by atoms with Crippen molar-refractivity contribution in [3.8, 4) is 0 Å². The lowest BCUT2D eigenvalue weighted by Gasteiger charge is -2.27. The summed E-state index contributed by atoms with van der Waals surface area (Å²) in [4.78, 5) is 7.97. The highest BCUT2D eigenvalue weighted by Crippen LogP contribution is 2.30. The van der Waals surface area contributed by atoms with Crippen LogP contribution < -0.4 is 4.90 Å². The Bertz CT molecular complexity index is 486. The fourth-order valence-electron chi connectivity index (χ4n) is 3.55. The fraction of sp³-hybridized carbons (Fsp3) is 0.727. The van der Waals surface area contributed by atoms with Gasteiger partial charge in [-0.3, -0.25) is 0 Å². The van der Waals surface area contributed by atoms with Crippen molar-refractivity contribution in [1.82, 2.24) is 4.98 Å². The smallest absolute Gasteiger partial charge is 0.133 e. The molecule has 0 spiro atoms. The fourth-order valence-corrected chi connectivity index (χ4v) is 5.28. The second kappa shape index (κ2) is 13.5. The van der Waals surface area contributed by atoms with Gasteiger partial charge in [-0.2, -0.15) is 11.8 Å². The van der Waals surface area contributed by atoms with E-state index in [4.69, 9.17) is 12.2 Å². The summed E-state index contributed by atoms with van der Waals surface area (Å²) < 4.78 is 0. The Morgan fingerprint density at radius 2 is 1.77 bits per heavy atom. The monoisotopic (exact) mass is 392 g/mol. The van der Waals surface area contributed by atoms with Crippen LogP contribution in [0.3, 0.4) is 0 Å². The summed E-state index contributed by atoms with van der Waals surface area (Å²) in [6.07, 6.45) is 18.1. The van der Waals surface area contributed by atoms with E-state index in [2.05, 4.69) is 28.9 Å². The van der Waals surface area contributed by atoms with Crippen LogP contribution in [0.2, 0.25) is 0 Å². The lowest BCUT2D eigenvalue weighted by Crippen LogP contribution is -2.36. The normalized spacial score (nSPS) is 16.7. The second-order valence-corrected chi connectivity index (χ2v) is 9.09. The van der Waals surface area contributed by atoms with E-state index in [1.54, 1.807) is 0 Å². The molecule has 2 rings (SSSR count). The molecule has 1 saturated heterocycles. The van der Waals surface area contributed by atoms with Crippen molar-refractivity contribution in [2.75, 3.05) is 17.2 Å². The zero-order valence-corrected chi connectivity index (χ0v) is 18.1. The quantitative estimate of drug-likeness (QED) is 0.264. The Balaban J connectivity index is 1.68. The third kappa shape index (κ3) is 7.96. The van der Waals surface area contributed by atoms with Gasteiger partial charge in [0.1, 0.15) is 5.82 Å². The maximum absolute atomic E-state index is 5.85. The van der Waals surface area contributed by atoms with E-state index in [9.17, 15) is 0 Å². The summed E-state index contributed by atoms with van der Waals surface area (Å²) in [6.45, 7) is 3.30. The van der Waals surface area contributed by atoms with Crippen LogP contribution in [-0.4, -0.2) is 27.5 Å². The molecular formula is C22H36N2S2. The highest BCUT2D eigenvalue weighted by molar-refractivity contribution is 8.02. The minimum Gasteiger partial charge on any atom is -0.320 e. The Hall–Kier alpha value is -0.610. The molecule has 2 heterocycles. The molecule has 1 aliphatic rings. The Labute approximate surface area is 170 Å². The van der Waals surface area contributed by atoms with Gasteiger partial charge >= 0.3 is 0 Å². The molecule has 2 nitrogen and oxygen atoms in total. The van der Waals surface area contributed by atoms with Crippen molar-refractivity contribution < 1.29 is 0 Å². The summed E-state index contributed by atoms with van der Waals surface area (Å²) in [5.41, 5.74) is 0. The highest BCUT2D eigenvalue weighted by Gasteiger charge is 2.25. The van der Waals surface area contributed by atoms with Crippen molar-refractivity contribution in [2.24, 2.45) is 0 Å². The molecule has 1 aliphatic heterocycles. The van der Waals surface area contributed by atoms with Crippen LogP contribution in [-0.2, 0) is 0 Å². The van der Waals surface area contributed by atoms with Gasteiger partial charge < -0.3 is 4.90 Å². The maximum atomic E-state index is 5.85. The number of hydrogen-bond acceptors (Lipinski definition) is 3. The molecule has 1 fully saturated rings. The molecule has 0 aromatic carbocycles. The molecule has 0 radical (unpaired) electrons. The van der Waals surface area contributed by atoms with Crippen molar-refractivity contribution in [2.45, 2.75) is 89.2 Å². The van der Waals surface area contributed by atoms with Gasteiger partial charge in [0.05, 0.1) is 10.2 Å². The Morgan fingerprint density at radius 3 is 2.35 bits per heavy atom. The number of anilines is 1. The average Bonchev–Trinajstić information content (AvgIpc) is 3.21. The second-order valence-electron chi connectivity index (χ2n) is 7.36. The Kier molecular flexibility index (Phi) is 11.3. The van der Waals surface area contributed by atoms with Crippen molar-refractivity contribution >= 4 is 34.8 Å². The van der Waals surface area contributed by atoms with Gasteiger partial charge in [-0.05, 0) is 37.1 Å². The van der Waals surface area contributed by atoms with Crippen molar-refractivity contribution in [1.29, 1.82) is 0 Å². The molecule has 1 aromatic rings. The summed E-state index contributed by atoms with van der Waals surface area (Å²) in [7, 11) is 0. The largest absolute Gasteiger partial charge is 0.320 e. The summed E-state index contributed by atoms with van der Waals surface area (Å²) in [5.74, 6) is 2.28. The summed E-state index contributed by atoms with van der Waals surface area (Å²) in [6, 6.07) is 6.15. The van der Waals surface area contributed by atoms with E-state index in [0.29, 0.717) is 5.25 Å². The number of thioether (sulfide) groups is 1. The van der Waals surface area contributed by atoms with Crippen LogP contribution in [0, 0.1) is 0 Å². The maximum Gasteiger partial charge on any atom is 0.133 e. The Morgan fingerprint density at radius 1 is 1.08 bits per heavy atom. The number of nitrogens with zero attached hydrogens (tertiary/aromatic N) is 2. The lowest BCUT2D eigenvalue weighted by atomic mass is 10.1. The van der Waals surface area contributed by atoms with Crippen molar-refractivity contribution in [3.63, 3.8) is 0 Å². The van der Waals surface area contributed by atoms with E-state index < -0.39 is 0 Å². The number of rotatable bonds is 13. The number of unbranched alkanes of at least 4 members (excludes halogenated alkanes) is 9. The minimum atomic E-state index is 0.509. The predicted molar refractivity (Wildman–Crippen MR) is 122 cm³/mol. The molecule has 0 aliphatic carbocycles. The number of hydrogen-bond donors (Lipinski definition) is 0. The van der Waals surface area contributed by atoms with Crippen LogP contribution in [0.1, 0.15) is 84.0 Å². The molecule has 4 heteroatoms. The first-order chi connectivity index (χ1) is 12.8. The number of aromatic nitrogens is 1. The van der Waals surface area contributed by atoms with E-state index in [0.717, 1.165) is 17.4 Å². The first-order valence-electron chi connectivity index (χ1n) is 10.7. The molecular weight excluding hydrogens is 356 g/mol. The zero-order valence-electron chi connectivity index (χ0n) is 16.5. The van der Waals surface area contributed by atoms with Crippen molar-refractivity contribution in [3.05, 3.63) is 24.4 Å². The standard InChI is InChI=1S/C22H36N2S2/c1-2-3-4-5-6-7-8-9-10-13-18-24(21-16-11-12-17-23-21)22(25)20-15-14-19-26-20/h11-12,16-17,20H,2-10,13-15,18-19H2,1H3. The SMILES string of the molecule is CCCCCCCCCCCCN(C(=S)C1CCCS1)c1ccccn1. The molecule has 1 atom stereocenters. The summed E-state index contributed by atoms with van der Waals surface area (Å²) in [5, 5.41) is 0.509. The van der Waals surface area contributed by atoms with Crippen LogP contribution in [0.4, 0.5) is 5.82 Å². The lowest BCUT2D eigenvalue weighted by molar-refractivity contribution is 0.557. The van der Waals surface area contributed by atoms with Crippen LogP contribution >= 0.6 is 24.0 Å². The molecule has 146 valence electrons. The summed E-state index contributed by atoms with van der Waals surface area (Å²) >= 11 is 7.87. The number of pyridine rings is 1. The molecule has 0 saturated carbocycles. The van der Waals surface area contributed by atoms with Gasteiger partial charge in [-0.25, -0.2) is 4.98 Å². The first kappa shape index (κ1) is 21.7. The third-order valence-corrected chi connectivity index (χ3v) is 7.17. The molecule has 0 amide bonds. The molecule has 1 aromatic heterocycles. The number of thiocarbonyl (C=S) groups is 1. The van der Waals surface area contributed by atoms with Crippen LogP contribution in [0.25, 0.3) is 0 Å². The topological polar surface area (TPSA) is 16.1 Å². The van der Waals surface area contributed by atoms with Crippen LogP contribution in [0.15, 0.2) is 24.4 Å². The van der Waals surface area contributed by atoms with Gasteiger partial charge in [0, 0.05) is 12.7 Å². The average molecular weight is 393 g/mol. The van der Waals surface area contributed by atoms with E-state index in [1.165, 1.54) is 82.8 Å². The molecule has 26 heavy (non-hydrogen) atoms. The molecule has 0 bridgehead atoms. The minimum absolute atomic E-state index is 0.509. The van der Waals surface area contributed by atoms with Gasteiger partial charge in [0.2, 0.25) is 0 Å². The highest BCUT2D eigenvalue weighted by atomic mass is 32.2. The predicted octanol–water partition coefficient (Wildman–Crippen LogP) is 7.03. The first-order valence-corrected chi connectivity index (χ1v) is 12.1. The van der Waals surface area contributed by atoms with E-state index >= 15 is 0 Å². The van der Waals surface area contributed by atoms with Gasteiger partial charge in [-0.1, -0.05) is 83.0 Å².